The molecule has 0 fully saturated rings. The first kappa shape index (κ1) is 14.4. The quantitative estimate of drug-likeness (QED) is 0.914. The lowest BCUT2D eigenvalue weighted by Crippen LogP contribution is -2.20. The zero-order valence-corrected chi connectivity index (χ0v) is 11.1. The number of nitrogen functional groups attached to an aromatic ring is 1. The number of aryl methyl sites for hydroxylation is 1. The zero-order valence-electron chi connectivity index (χ0n) is 10.4. The lowest BCUT2D eigenvalue weighted by molar-refractivity contribution is -0.142. The summed E-state index contributed by atoms with van der Waals surface area (Å²) < 4.78 is 38.2. The van der Waals surface area contributed by atoms with Crippen LogP contribution in [0.4, 0.5) is 30.5 Å². The number of nitrogens with zero attached hydrogens (tertiary/aromatic N) is 3. The van der Waals surface area contributed by atoms with Gasteiger partial charge in [0.15, 0.2) is 0 Å². The van der Waals surface area contributed by atoms with Gasteiger partial charge in [0.05, 0.1) is 16.4 Å². The van der Waals surface area contributed by atoms with Crippen molar-refractivity contribution < 1.29 is 13.2 Å². The third-order valence-corrected chi connectivity index (χ3v) is 2.69. The van der Waals surface area contributed by atoms with E-state index in [0.29, 0.717) is 5.69 Å². The Hall–Kier alpha value is -1.96. The zero-order chi connectivity index (χ0) is 14.9. The number of nitrogens with one attached hydrogen (secondary N) is 1. The lowest BCUT2D eigenvalue weighted by Gasteiger charge is -2.11. The van der Waals surface area contributed by atoms with Crippen molar-refractivity contribution in [1.29, 1.82) is 0 Å². The van der Waals surface area contributed by atoms with Crippen LogP contribution in [0.2, 0.25) is 5.02 Å². The highest BCUT2D eigenvalue weighted by Gasteiger charge is 2.29. The molecule has 0 aromatic carbocycles. The van der Waals surface area contributed by atoms with Gasteiger partial charge in [-0.05, 0) is 6.92 Å². The van der Waals surface area contributed by atoms with Crippen molar-refractivity contribution in [3.05, 3.63) is 29.0 Å². The Kier molecular flexibility index (Phi) is 3.76. The molecule has 20 heavy (non-hydrogen) atoms. The van der Waals surface area contributed by atoms with Crippen LogP contribution in [0.5, 0.6) is 0 Å². The number of halogens is 4. The number of pyridine rings is 1. The number of alkyl halides is 3. The standard InChI is InChI=1S/C11H11ClF3N5/c1-6-2-10(20(19-6)5-11(13,14)15)18-9-3-8(16)7(12)4-17-9/h2-4H,5H2,1H3,(H3,16,17,18). The number of aromatic nitrogens is 3. The van der Waals surface area contributed by atoms with Gasteiger partial charge in [-0.15, -0.1) is 0 Å². The Morgan fingerprint density at radius 3 is 2.70 bits per heavy atom. The highest BCUT2D eigenvalue weighted by Crippen LogP contribution is 2.25. The molecule has 0 amide bonds. The highest BCUT2D eigenvalue weighted by atomic mass is 35.5. The highest BCUT2D eigenvalue weighted by molar-refractivity contribution is 6.32. The van der Waals surface area contributed by atoms with Crippen molar-refractivity contribution >= 4 is 28.9 Å². The van der Waals surface area contributed by atoms with Gasteiger partial charge in [0.25, 0.3) is 0 Å². The molecule has 0 bridgehead atoms. The molecule has 0 atom stereocenters. The van der Waals surface area contributed by atoms with Crippen molar-refractivity contribution in [2.24, 2.45) is 0 Å². The summed E-state index contributed by atoms with van der Waals surface area (Å²) in [6, 6.07) is 2.92. The fourth-order valence-electron chi connectivity index (χ4n) is 1.59. The minimum Gasteiger partial charge on any atom is -0.397 e. The second-order valence-corrected chi connectivity index (χ2v) is 4.57. The molecule has 0 saturated carbocycles. The second kappa shape index (κ2) is 5.20. The average molecular weight is 306 g/mol. The molecule has 0 unspecified atom stereocenters. The Bertz CT molecular complexity index is 623. The molecule has 2 heterocycles. The maximum atomic E-state index is 12.4. The molecule has 9 heteroatoms. The van der Waals surface area contributed by atoms with Crippen molar-refractivity contribution in [2.75, 3.05) is 11.1 Å². The van der Waals surface area contributed by atoms with E-state index < -0.39 is 12.7 Å². The van der Waals surface area contributed by atoms with E-state index in [9.17, 15) is 13.2 Å². The molecule has 2 aromatic heterocycles. The van der Waals surface area contributed by atoms with Crippen LogP contribution < -0.4 is 11.1 Å². The van der Waals surface area contributed by atoms with Crippen LogP contribution in [0.25, 0.3) is 0 Å². The van der Waals surface area contributed by atoms with E-state index in [4.69, 9.17) is 17.3 Å². The van der Waals surface area contributed by atoms with Gasteiger partial charge in [-0.1, -0.05) is 11.6 Å². The molecule has 0 radical (unpaired) electrons. The summed E-state index contributed by atoms with van der Waals surface area (Å²) in [5, 5.41) is 6.79. The number of hydrogen-bond acceptors (Lipinski definition) is 4. The molecule has 0 aliphatic rings. The first-order valence-corrected chi connectivity index (χ1v) is 5.91. The minimum absolute atomic E-state index is 0.175. The summed E-state index contributed by atoms with van der Waals surface area (Å²) in [7, 11) is 0. The number of anilines is 3. The molecule has 2 rings (SSSR count). The second-order valence-electron chi connectivity index (χ2n) is 4.16. The summed E-state index contributed by atoms with van der Waals surface area (Å²) in [5.41, 5.74) is 6.34. The fraction of sp³-hybridized carbons (Fsp3) is 0.273. The largest absolute Gasteiger partial charge is 0.408 e. The molecule has 0 aliphatic carbocycles. The van der Waals surface area contributed by atoms with Gasteiger partial charge in [-0.2, -0.15) is 18.3 Å². The van der Waals surface area contributed by atoms with Gasteiger partial charge in [0, 0.05) is 18.3 Å². The van der Waals surface area contributed by atoms with Crippen LogP contribution in [0.15, 0.2) is 18.3 Å². The first-order chi connectivity index (χ1) is 9.24. The molecule has 3 N–H and O–H groups in total. The van der Waals surface area contributed by atoms with Crippen molar-refractivity contribution in [2.45, 2.75) is 19.6 Å². The number of rotatable bonds is 3. The number of nitrogens with two attached hydrogens (primary N) is 1. The molecule has 0 spiro atoms. The van der Waals surface area contributed by atoms with Crippen LogP contribution in [-0.2, 0) is 6.54 Å². The summed E-state index contributed by atoms with van der Waals surface area (Å²) in [5.74, 6) is 0.462. The summed E-state index contributed by atoms with van der Waals surface area (Å²) in [6.07, 6.45) is -3.04. The summed E-state index contributed by atoms with van der Waals surface area (Å²) in [6.45, 7) is 0.411. The Balaban J connectivity index is 2.26. The summed E-state index contributed by atoms with van der Waals surface area (Å²) in [4.78, 5) is 3.94. The first-order valence-electron chi connectivity index (χ1n) is 5.54. The van der Waals surface area contributed by atoms with Gasteiger partial charge in [0.2, 0.25) is 0 Å². The predicted molar refractivity (Wildman–Crippen MR) is 70.0 cm³/mol. The van der Waals surface area contributed by atoms with Gasteiger partial charge >= 0.3 is 6.18 Å². The molecule has 108 valence electrons. The van der Waals surface area contributed by atoms with Crippen LogP contribution in [0.3, 0.4) is 0 Å². The van der Waals surface area contributed by atoms with E-state index in [-0.39, 0.29) is 22.3 Å². The fourth-order valence-corrected chi connectivity index (χ4v) is 1.69. The molecule has 5 nitrogen and oxygen atoms in total. The van der Waals surface area contributed by atoms with Gasteiger partial charge in [-0.25, -0.2) is 9.67 Å². The maximum absolute atomic E-state index is 12.4. The van der Waals surface area contributed by atoms with Crippen LogP contribution in [-0.4, -0.2) is 20.9 Å². The van der Waals surface area contributed by atoms with Crippen LogP contribution in [0.1, 0.15) is 5.69 Å². The monoisotopic (exact) mass is 305 g/mol. The molecule has 2 aromatic rings. The van der Waals surface area contributed by atoms with E-state index in [1.54, 1.807) is 6.92 Å². The third-order valence-electron chi connectivity index (χ3n) is 2.37. The van der Waals surface area contributed by atoms with E-state index in [1.807, 2.05) is 0 Å². The van der Waals surface area contributed by atoms with E-state index >= 15 is 0 Å². The molecular formula is C11H11ClF3N5. The smallest absolute Gasteiger partial charge is 0.397 e. The predicted octanol–water partition coefficient (Wildman–Crippen LogP) is 3.13. The van der Waals surface area contributed by atoms with Gasteiger partial charge < -0.3 is 11.1 Å². The Morgan fingerprint density at radius 1 is 1.40 bits per heavy atom. The van der Waals surface area contributed by atoms with E-state index in [0.717, 1.165) is 4.68 Å². The topological polar surface area (TPSA) is 68.8 Å². The lowest BCUT2D eigenvalue weighted by atomic mass is 10.4. The SMILES string of the molecule is Cc1cc(Nc2cc(N)c(Cl)cn2)n(CC(F)(F)F)n1. The van der Waals surface area contributed by atoms with E-state index in [2.05, 4.69) is 15.4 Å². The van der Waals surface area contributed by atoms with Crippen molar-refractivity contribution in [3.8, 4) is 0 Å². The summed E-state index contributed by atoms with van der Waals surface area (Å²) >= 11 is 5.72. The molecule has 0 saturated heterocycles. The average Bonchev–Trinajstić information content (AvgIpc) is 2.62. The molecular weight excluding hydrogens is 295 g/mol. The van der Waals surface area contributed by atoms with Gasteiger partial charge in [-0.3, -0.25) is 0 Å². The van der Waals surface area contributed by atoms with Crippen LogP contribution in [0, 0.1) is 6.92 Å². The normalized spacial score (nSPS) is 11.7. The Labute approximate surface area is 117 Å². The third kappa shape index (κ3) is 3.53. The maximum Gasteiger partial charge on any atom is 0.408 e. The Morgan fingerprint density at radius 2 is 2.10 bits per heavy atom. The van der Waals surface area contributed by atoms with Crippen molar-refractivity contribution in [3.63, 3.8) is 0 Å². The number of hydrogen-bond donors (Lipinski definition) is 2. The molecule has 0 aliphatic heterocycles. The minimum atomic E-state index is -4.36. The van der Waals surface area contributed by atoms with Crippen molar-refractivity contribution in [1.82, 2.24) is 14.8 Å². The van der Waals surface area contributed by atoms with Crippen LogP contribution >= 0.6 is 11.6 Å². The van der Waals surface area contributed by atoms with Gasteiger partial charge in [0.1, 0.15) is 18.2 Å². The van der Waals surface area contributed by atoms with E-state index in [1.165, 1.54) is 18.3 Å².